The van der Waals surface area contributed by atoms with Crippen molar-refractivity contribution in [2.24, 2.45) is 5.92 Å². The second kappa shape index (κ2) is 9.44. The van der Waals surface area contributed by atoms with E-state index in [0.717, 1.165) is 24.2 Å². The number of nitrogens with zero attached hydrogens (tertiary/aromatic N) is 5. The zero-order valence-electron chi connectivity index (χ0n) is 20.2. The first kappa shape index (κ1) is 22.8. The summed E-state index contributed by atoms with van der Waals surface area (Å²) >= 11 is 0. The van der Waals surface area contributed by atoms with Crippen molar-refractivity contribution in [3.63, 3.8) is 0 Å². The van der Waals surface area contributed by atoms with E-state index in [0.29, 0.717) is 50.5 Å². The number of imidazole rings is 1. The van der Waals surface area contributed by atoms with Gasteiger partial charge < -0.3 is 15.1 Å². The molecule has 11 nitrogen and oxygen atoms in total. The minimum absolute atomic E-state index is 0.00297. The summed E-state index contributed by atoms with van der Waals surface area (Å²) in [6.07, 6.45) is 8.49. The Bertz CT molecular complexity index is 1290. The molecule has 2 unspecified atom stereocenters. The fraction of sp³-hybridized carbons (Fsp3) is 0.560. The second-order valence-electron chi connectivity index (χ2n) is 10.4. The molecular weight excluding hydrogens is 460 g/mol. The number of pyridine rings is 1. The van der Waals surface area contributed by atoms with Crippen molar-refractivity contribution >= 4 is 23.1 Å². The van der Waals surface area contributed by atoms with Gasteiger partial charge in [0, 0.05) is 56.2 Å². The Morgan fingerprint density at radius 2 is 1.89 bits per heavy atom. The van der Waals surface area contributed by atoms with Crippen molar-refractivity contribution in [2.75, 3.05) is 26.2 Å². The van der Waals surface area contributed by atoms with Crippen LogP contribution in [0.5, 0.6) is 0 Å². The summed E-state index contributed by atoms with van der Waals surface area (Å²) in [6, 6.07) is 4.96. The van der Waals surface area contributed by atoms with Crippen LogP contribution in [0.15, 0.2) is 35.4 Å². The molecule has 1 aliphatic carbocycles. The van der Waals surface area contributed by atoms with Crippen molar-refractivity contribution in [1.29, 1.82) is 0 Å². The average Bonchev–Trinajstić information content (AvgIpc) is 3.45. The molecule has 3 aromatic rings. The lowest BCUT2D eigenvalue weighted by atomic mass is 9.98. The number of fused-ring (bicyclic) bond motifs is 1. The highest BCUT2D eigenvalue weighted by atomic mass is 16.2. The maximum absolute atomic E-state index is 13.4. The highest BCUT2D eigenvalue weighted by Crippen LogP contribution is 2.33. The zero-order valence-corrected chi connectivity index (χ0v) is 20.2. The molecule has 36 heavy (non-hydrogen) atoms. The Labute approximate surface area is 208 Å². The van der Waals surface area contributed by atoms with E-state index < -0.39 is 6.04 Å². The van der Waals surface area contributed by atoms with Crippen LogP contribution < -0.4 is 11.0 Å². The summed E-state index contributed by atoms with van der Waals surface area (Å²) in [5.74, 6) is 0.787. The van der Waals surface area contributed by atoms with Crippen LogP contribution in [0.3, 0.4) is 0 Å². The van der Waals surface area contributed by atoms with E-state index >= 15 is 0 Å². The zero-order chi connectivity index (χ0) is 24.6. The summed E-state index contributed by atoms with van der Waals surface area (Å²) in [5, 5.41) is 10.2. The quantitative estimate of drug-likeness (QED) is 0.501. The molecule has 0 radical (unpaired) electrons. The van der Waals surface area contributed by atoms with E-state index in [1.807, 2.05) is 23.1 Å². The summed E-state index contributed by atoms with van der Waals surface area (Å²) in [7, 11) is 0. The molecule has 6 rings (SSSR count). The molecule has 11 heteroatoms. The highest BCUT2D eigenvalue weighted by molar-refractivity contribution is 5.87. The van der Waals surface area contributed by atoms with Gasteiger partial charge in [-0.15, -0.1) is 0 Å². The van der Waals surface area contributed by atoms with Crippen LogP contribution in [0.4, 0.5) is 4.79 Å². The van der Waals surface area contributed by atoms with Gasteiger partial charge in [0.25, 0.3) is 0 Å². The number of carbonyl (C=O) groups is 2. The molecule has 3 aliphatic rings. The number of rotatable bonds is 5. The number of nitrogens with one attached hydrogen (secondary N) is 3. The molecule has 0 bridgehead atoms. The monoisotopic (exact) mass is 492 g/mol. The predicted octanol–water partition coefficient (Wildman–Crippen LogP) is 1.98. The Hall–Kier alpha value is -3.63. The van der Waals surface area contributed by atoms with Crippen molar-refractivity contribution in [3.05, 3.63) is 46.8 Å². The highest BCUT2D eigenvalue weighted by Gasteiger charge is 2.37. The van der Waals surface area contributed by atoms with Gasteiger partial charge in [-0.1, -0.05) is 0 Å². The van der Waals surface area contributed by atoms with Gasteiger partial charge in [0.1, 0.15) is 6.04 Å². The molecule has 3 fully saturated rings. The Balaban J connectivity index is 1.10. The Morgan fingerprint density at radius 1 is 1.06 bits per heavy atom. The fourth-order valence-corrected chi connectivity index (χ4v) is 5.71. The molecular formula is C25H32N8O3. The number of hydrogen-bond acceptors (Lipinski definition) is 5. The Kier molecular flexibility index (Phi) is 5.98. The van der Waals surface area contributed by atoms with E-state index in [9.17, 15) is 14.4 Å². The number of urea groups is 1. The van der Waals surface area contributed by atoms with Gasteiger partial charge in [-0.05, 0) is 62.6 Å². The molecule has 3 aromatic heterocycles. The Morgan fingerprint density at radius 3 is 2.64 bits per heavy atom. The lowest BCUT2D eigenvalue weighted by Gasteiger charge is -2.34. The summed E-state index contributed by atoms with van der Waals surface area (Å²) in [6.45, 7) is 2.47. The van der Waals surface area contributed by atoms with Crippen LogP contribution in [-0.4, -0.2) is 78.7 Å². The second-order valence-corrected chi connectivity index (χ2v) is 10.4. The van der Waals surface area contributed by atoms with Crippen LogP contribution in [-0.2, 0) is 4.79 Å². The predicted molar refractivity (Wildman–Crippen MR) is 132 cm³/mol. The van der Waals surface area contributed by atoms with Gasteiger partial charge in [0.05, 0.1) is 5.52 Å². The van der Waals surface area contributed by atoms with Gasteiger partial charge in [0.2, 0.25) is 5.91 Å². The summed E-state index contributed by atoms with van der Waals surface area (Å²) in [5.41, 5.74) is 2.24. The first-order chi connectivity index (χ1) is 17.6. The van der Waals surface area contributed by atoms with Gasteiger partial charge in [0.15, 0.2) is 5.65 Å². The third-order valence-electron chi connectivity index (χ3n) is 7.90. The topological polar surface area (TPSA) is 132 Å². The molecule has 2 atom stereocenters. The first-order valence-electron chi connectivity index (χ1n) is 13.0. The molecule has 0 aromatic carbocycles. The number of aromatic amines is 2. The summed E-state index contributed by atoms with van der Waals surface area (Å²) in [4.78, 5) is 49.9. The van der Waals surface area contributed by atoms with Gasteiger partial charge in [-0.3, -0.25) is 19.4 Å². The van der Waals surface area contributed by atoms with E-state index in [1.54, 1.807) is 21.9 Å². The van der Waals surface area contributed by atoms with E-state index in [-0.39, 0.29) is 29.6 Å². The maximum atomic E-state index is 13.4. The van der Waals surface area contributed by atoms with Crippen molar-refractivity contribution in [1.82, 2.24) is 39.8 Å². The molecule has 1 saturated carbocycles. The van der Waals surface area contributed by atoms with Crippen LogP contribution in [0.2, 0.25) is 0 Å². The molecule has 2 aliphatic heterocycles. The number of hydrogen-bond donors (Lipinski definition) is 3. The molecule has 3 N–H and O–H groups in total. The largest absolute Gasteiger partial charge is 0.340 e. The van der Waals surface area contributed by atoms with Crippen molar-refractivity contribution in [3.8, 4) is 0 Å². The third kappa shape index (κ3) is 4.49. The van der Waals surface area contributed by atoms with Crippen LogP contribution >= 0.6 is 0 Å². The molecule has 190 valence electrons. The van der Waals surface area contributed by atoms with Crippen molar-refractivity contribution < 1.29 is 9.59 Å². The van der Waals surface area contributed by atoms with E-state index in [2.05, 4.69) is 25.5 Å². The average molecular weight is 493 g/mol. The van der Waals surface area contributed by atoms with Crippen LogP contribution in [0.25, 0.3) is 11.2 Å². The van der Waals surface area contributed by atoms with Crippen LogP contribution in [0.1, 0.15) is 56.2 Å². The lowest BCUT2D eigenvalue weighted by molar-refractivity contribution is -0.133. The van der Waals surface area contributed by atoms with Crippen molar-refractivity contribution in [2.45, 2.75) is 56.5 Å². The number of aromatic nitrogens is 5. The third-order valence-corrected chi connectivity index (χ3v) is 7.90. The van der Waals surface area contributed by atoms with E-state index in [4.69, 9.17) is 0 Å². The normalized spacial score (nSPS) is 23.7. The fourth-order valence-electron chi connectivity index (χ4n) is 5.71. The molecule has 2 saturated heterocycles. The maximum Gasteiger partial charge on any atom is 0.327 e. The smallest absolute Gasteiger partial charge is 0.327 e. The number of amides is 3. The van der Waals surface area contributed by atoms with Gasteiger partial charge in [-0.25, -0.2) is 14.6 Å². The minimum Gasteiger partial charge on any atom is -0.340 e. The molecule has 5 heterocycles. The lowest BCUT2D eigenvalue weighted by Crippen LogP contribution is -2.53. The number of carbonyl (C=O) groups excluding carboxylic acids is 2. The summed E-state index contributed by atoms with van der Waals surface area (Å²) < 4.78 is 1.76. The van der Waals surface area contributed by atoms with Gasteiger partial charge >= 0.3 is 11.7 Å². The number of likely N-dealkylation sites (tertiary alicyclic amines) is 2. The molecule has 3 amide bonds. The number of H-pyrrole nitrogens is 2. The first-order valence-corrected chi connectivity index (χ1v) is 13.0. The van der Waals surface area contributed by atoms with Gasteiger partial charge in [-0.2, -0.15) is 5.10 Å². The SMILES string of the molecule is O=C(NC1CCC(c2ccn[nH]2)CN(CC2CC2)C1=O)N1CCC(n2c(=O)[nH]c3ncccc32)CC1. The van der Waals surface area contributed by atoms with Crippen LogP contribution in [0, 0.1) is 5.92 Å². The van der Waals surface area contributed by atoms with E-state index in [1.165, 1.54) is 12.8 Å². The standard InChI is InChI=1S/C25H32N8O3/c34-23-20(6-5-17(19-7-11-27-30-19)15-32(23)14-16-3-4-16)28-24(35)31-12-8-18(9-13-31)33-21-2-1-10-26-22(21)29-25(33)36/h1-2,7,10-11,16-18,20H,3-6,8-9,12-15H2,(H,27,30)(H,28,35)(H,26,29,36). The number of piperidine rings is 1. The minimum atomic E-state index is -0.524. The molecule has 0 spiro atoms.